The second-order valence-corrected chi connectivity index (χ2v) is 10.9. The molecule has 1 aliphatic heterocycles. The van der Waals surface area contributed by atoms with Crippen LogP contribution in [0.5, 0.6) is 0 Å². The molecule has 6 rings (SSSR count). The topological polar surface area (TPSA) is 92.9 Å². The van der Waals surface area contributed by atoms with Crippen LogP contribution in [0.4, 0.5) is 10.2 Å². The number of aryl methyl sites for hydroxylation is 1. The highest BCUT2D eigenvalue weighted by atomic mass is 19.1. The van der Waals surface area contributed by atoms with Crippen molar-refractivity contribution in [1.29, 1.82) is 0 Å². The highest BCUT2D eigenvalue weighted by Gasteiger charge is 2.22. The highest BCUT2D eigenvalue weighted by Crippen LogP contribution is 2.32. The number of carboxylic acid groups (broad SMARTS) is 1. The maximum absolute atomic E-state index is 14.3. The lowest BCUT2D eigenvalue weighted by atomic mass is 10.0. The van der Waals surface area contributed by atoms with E-state index in [2.05, 4.69) is 9.88 Å². The summed E-state index contributed by atoms with van der Waals surface area (Å²) >= 11 is 0. The molecule has 3 aromatic carbocycles. The molecular formula is C35H31FN2O5. The van der Waals surface area contributed by atoms with Crippen molar-refractivity contribution < 1.29 is 28.2 Å². The van der Waals surface area contributed by atoms with Crippen LogP contribution in [0.15, 0.2) is 89.5 Å². The fraction of sp³-hybridized carbons (Fsp3) is 0.229. The Morgan fingerprint density at radius 3 is 2.56 bits per heavy atom. The predicted molar refractivity (Wildman–Crippen MR) is 162 cm³/mol. The van der Waals surface area contributed by atoms with Crippen LogP contribution in [0.1, 0.15) is 50.4 Å². The van der Waals surface area contributed by atoms with E-state index in [-0.39, 0.29) is 29.7 Å². The Labute approximate surface area is 248 Å². The number of ether oxygens (including phenoxy) is 1. The van der Waals surface area contributed by atoms with Crippen LogP contribution in [0.25, 0.3) is 22.1 Å². The number of Topliss-reactive ketones (excluding diaryl/α,β-unsaturated/α-hetero) is 1. The second-order valence-electron chi connectivity index (χ2n) is 10.9. The molecule has 0 amide bonds. The first kappa shape index (κ1) is 28.3. The number of carbonyl (C=O) groups excluding carboxylic acids is 1. The van der Waals surface area contributed by atoms with Crippen molar-refractivity contribution in [2.45, 2.75) is 38.9 Å². The smallest absolute Gasteiger partial charge is 0.335 e. The van der Waals surface area contributed by atoms with Gasteiger partial charge in [-0.2, -0.15) is 0 Å². The van der Waals surface area contributed by atoms with Crippen LogP contribution < -0.4 is 4.90 Å². The first-order valence-electron chi connectivity index (χ1n) is 14.3. The van der Waals surface area contributed by atoms with E-state index < -0.39 is 5.97 Å². The normalized spacial score (nSPS) is 13.9. The van der Waals surface area contributed by atoms with Crippen molar-refractivity contribution in [3.63, 3.8) is 0 Å². The molecule has 2 aromatic heterocycles. The molecule has 0 aliphatic carbocycles. The van der Waals surface area contributed by atoms with Crippen molar-refractivity contribution in [2.75, 3.05) is 18.0 Å². The van der Waals surface area contributed by atoms with Gasteiger partial charge in [-0.25, -0.2) is 14.2 Å². The van der Waals surface area contributed by atoms with Gasteiger partial charge in [0.25, 0.3) is 0 Å². The maximum atomic E-state index is 14.3. The number of halogens is 1. The van der Waals surface area contributed by atoms with Gasteiger partial charge in [0.1, 0.15) is 17.2 Å². The summed E-state index contributed by atoms with van der Waals surface area (Å²) in [6.07, 6.45) is 3.67. The van der Waals surface area contributed by atoms with E-state index in [0.717, 1.165) is 59.4 Å². The van der Waals surface area contributed by atoms with Gasteiger partial charge in [-0.05, 0) is 72.9 Å². The van der Waals surface area contributed by atoms with E-state index in [4.69, 9.17) is 9.15 Å². The molecule has 5 aromatic rings. The standard InChI is InChI=1S/C35H31FN2O5/c1-22-29-19-25(28-7-2-3-8-30(28)36)10-11-32(29)43-34(22)31(39)18-23-9-12-33(37-20-23)38-15-13-27(14-16-38)42-21-24-5-4-6-26(17-24)35(40)41/h2-12,17,19-20,27H,13-16,18,21H2,1H3,(H,40,41). The maximum Gasteiger partial charge on any atom is 0.335 e. The summed E-state index contributed by atoms with van der Waals surface area (Å²) in [5.74, 6) is -0.221. The molecule has 0 saturated carbocycles. The molecule has 0 bridgehead atoms. The average Bonchev–Trinajstić information content (AvgIpc) is 3.36. The lowest BCUT2D eigenvalue weighted by Gasteiger charge is -2.32. The van der Waals surface area contributed by atoms with Crippen molar-refractivity contribution >= 4 is 28.5 Å². The summed E-state index contributed by atoms with van der Waals surface area (Å²) in [4.78, 5) is 31.2. The third-order valence-electron chi connectivity index (χ3n) is 7.97. The minimum Gasteiger partial charge on any atom is -0.478 e. The number of carboxylic acids is 1. The number of carbonyl (C=O) groups is 2. The molecule has 1 fully saturated rings. The van der Waals surface area contributed by atoms with Crippen LogP contribution >= 0.6 is 0 Å². The molecule has 0 spiro atoms. The van der Waals surface area contributed by atoms with Gasteiger partial charge in [0.15, 0.2) is 5.76 Å². The summed E-state index contributed by atoms with van der Waals surface area (Å²) in [6, 6.07) is 22.7. The van der Waals surface area contributed by atoms with E-state index in [1.165, 1.54) is 6.07 Å². The molecule has 0 unspecified atom stereocenters. The summed E-state index contributed by atoms with van der Waals surface area (Å²) in [5.41, 5.74) is 4.47. The number of pyridine rings is 1. The molecular weight excluding hydrogens is 547 g/mol. The minimum absolute atomic E-state index is 0.0940. The molecule has 1 aliphatic rings. The van der Waals surface area contributed by atoms with Gasteiger partial charge in [0, 0.05) is 42.2 Å². The van der Waals surface area contributed by atoms with Gasteiger partial charge >= 0.3 is 5.97 Å². The van der Waals surface area contributed by atoms with Crippen LogP contribution in [-0.2, 0) is 17.8 Å². The quantitative estimate of drug-likeness (QED) is 0.184. The zero-order valence-electron chi connectivity index (χ0n) is 23.8. The summed E-state index contributed by atoms with van der Waals surface area (Å²) < 4.78 is 26.3. The molecule has 0 atom stereocenters. The molecule has 1 N–H and O–H groups in total. The number of aromatic carboxylic acids is 1. The largest absolute Gasteiger partial charge is 0.478 e. The highest BCUT2D eigenvalue weighted by molar-refractivity contribution is 6.02. The fourth-order valence-electron chi connectivity index (χ4n) is 5.58. The van der Waals surface area contributed by atoms with Crippen molar-refractivity contribution in [2.24, 2.45) is 0 Å². The number of anilines is 1. The number of piperidine rings is 1. The molecule has 0 radical (unpaired) electrons. The number of nitrogens with zero attached hydrogens (tertiary/aromatic N) is 2. The van der Waals surface area contributed by atoms with Gasteiger partial charge in [-0.3, -0.25) is 4.79 Å². The van der Waals surface area contributed by atoms with E-state index in [1.54, 1.807) is 54.7 Å². The Kier molecular flexibility index (Phi) is 8.03. The number of hydrogen-bond acceptors (Lipinski definition) is 6. The van der Waals surface area contributed by atoms with E-state index >= 15 is 0 Å². The molecule has 43 heavy (non-hydrogen) atoms. The lowest BCUT2D eigenvalue weighted by molar-refractivity contribution is 0.0250. The first-order valence-corrected chi connectivity index (χ1v) is 14.3. The zero-order chi connectivity index (χ0) is 29.9. The Hall–Kier alpha value is -4.82. The van der Waals surface area contributed by atoms with Gasteiger partial charge in [0.2, 0.25) is 5.78 Å². The van der Waals surface area contributed by atoms with Gasteiger partial charge in [0.05, 0.1) is 18.3 Å². The van der Waals surface area contributed by atoms with Crippen molar-refractivity contribution in [1.82, 2.24) is 4.98 Å². The van der Waals surface area contributed by atoms with Crippen molar-refractivity contribution in [3.8, 4) is 11.1 Å². The van der Waals surface area contributed by atoms with Gasteiger partial charge in [-0.15, -0.1) is 0 Å². The predicted octanol–water partition coefficient (Wildman–Crippen LogP) is 7.25. The van der Waals surface area contributed by atoms with Crippen LogP contribution in [0, 0.1) is 12.7 Å². The Bertz CT molecular complexity index is 1790. The first-order chi connectivity index (χ1) is 20.9. The average molecular weight is 579 g/mol. The fourth-order valence-corrected chi connectivity index (χ4v) is 5.58. The third kappa shape index (κ3) is 6.20. The van der Waals surface area contributed by atoms with Gasteiger partial charge < -0.3 is 19.2 Å². The number of hydrogen-bond donors (Lipinski definition) is 1. The zero-order valence-corrected chi connectivity index (χ0v) is 23.8. The van der Waals surface area contributed by atoms with E-state index in [1.807, 2.05) is 31.2 Å². The Morgan fingerprint density at radius 1 is 1.00 bits per heavy atom. The monoisotopic (exact) mass is 578 g/mol. The molecule has 3 heterocycles. The Morgan fingerprint density at radius 2 is 1.81 bits per heavy atom. The number of fused-ring (bicyclic) bond motifs is 1. The SMILES string of the molecule is Cc1c(C(=O)Cc2ccc(N3CCC(OCc4cccc(C(=O)O)c4)CC3)nc2)oc2ccc(-c3ccccc3F)cc12. The van der Waals surface area contributed by atoms with Crippen LogP contribution in [0.2, 0.25) is 0 Å². The number of benzene rings is 3. The summed E-state index contributed by atoms with van der Waals surface area (Å²) in [5, 5.41) is 9.97. The lowest BCUT2D eigenvalue weighted by Crippen LogP contribution is -2.37. The van der Waals surface area contributed by atoms with Crippen molar-refractivity contribution in [3.05, 3.63) is 119 Å². The Balaban J connectivity index is 1.05. The van der Waals surface area contributed by atoms with E-state index in [9.17, 15) is 19.1 Å². The number of rotatable bonds is 9. The van der Waals surface area contributed by atoms with Crippen LogP contribution in [0.3, 0.4) is 0 Å². The molecule has 1 saturated heterocycles. The number of furan rings is 1. The third-order valence-corrected chi connectivity index (χ3v) is 7.97. The molecule has 218 valence electrons. The summed E-state index contributed by atoms with van der Waals surface area (Å²) in [7, 11) is 0. The number of ketones is 1. The molecule has 7 nitrogen and oxygen atoms in total. The minimum atomic E-state index is -0.945. The summed E-state index contributed by atoms with van der Waals surface area (Å²) in [6.45, 7) is 3.81. The van der Waals surface area contributed by atoms with Gasteiger partial charge in [-0.1, -0.05) is 42.5 Å². The number of aromatic nitrogens is 1. The molecule has 8 heteroatoms. The second kappa shape index (κ2) is 12.2. The van der Waals surface area contributed by atoms with E-state index in [0.29, 0.717) is 23.5 Å². The van der Waals surface area contributed by atoms with Crippen LogP contribution in [-0.4, -0.2) is 41.0 Å².